The van der Waals surface area contributed by atoms with Crippen LogP contribution >= 0.6 is 15.9 Å². The van der Waals surface area contributed by atoms with E-state index in [4.69, 9.17) is 0 Å². The van der Waals surface area contributed by atoms with Crippen LogP contribution in [0.5, 0.6) is 0 Å². The molecule has 0 radical (unpaired) electrons. The normalized spacial score (nSPS) is 30.2. The fourth-order valence-electron chi connectivity index (χ4n) is 3.23. The van der Waals surface area contributed by atoms with Crippen LogP contribution in [0.1, 0.15) is 19.3 Å². The smallest absolute Gasteiger partial charge is 0.241 e. The molecule has 1 aliphatic carbocycles. The summed E-state index contributed by atoms with van der Waals surface area (Å²) in [5.41, 5.74) is 0.867. The second-order valence-electron chi connectivity index (χ2n) is 5.24. The molecule has 1 heterocycles. The first-order valence-electron chi connectivity index (χ1n) is 6.54. The van der Waals surface area contributed by atoms with Crippen molar-refractivity contribution in [2.45, 2.75) is 25.3 Å². The quantitative estimate of drug-likeness (QED) is 0.882. The summed E-state index contributed by atoms with van der Waals surface area (Å²) >= 11 is 3.39. The van der Waals surface area contributed by atoms with Crippen molar-refractivity contribution in [2.24, 2.45) is 11.8 Å². The lowest BCUT2D eigenvalue weighted by Crippen LogP contribution is -2.39. The van der Waals surface area contributed by atoms with E-state index in [-0.39, 0.29) is 11.9 Å². The molecule has 1 aromatic rings. The van der Waals surface area contributed by atoms with Crippen LogP contribution in [0.15, 0.2) is 28.7 Å². The topological polar surface area (TPSA) is 41.1 Å². The first-order chi connectivity index (χ1) is 8.74. The van der Waals surface area contributed by atoms with Crippen LogP contribution in [0.4, 0.5) is 5.69 Å². The minimum absolute atomic E-state index is 0.00106. The highest BCUT2D eigenvalue weighted by atomic mass is 79.9. The number of hydrogen-bond donors (Lipinski definition) is 2. The number of anilines is 1. The lowest BCUT2D eigenvalue weighted by molar-refractivity contribution is -0.118. The second kappa shape index (κ2) is 5.02. The zero-order chi connectivity index (χ0) is 12.5. The number of carbonyl (C=O) groups is 1. The van der Waals surface area contributed by atoms with Crippen molar-refractivity contribution in [3.05, 3.63) is 28.7 Å². The highest BCUT2D eigenvalue weighted by molar-refractivity contribution is 9.10. The summed E-state index contributed by atoms with van der Waals surface area (Å²) in [6.07, 6.45) is 3.74. The third-order valence-corrected chi connectivity index (χ3v) is 4.67. The molecule has 3 unspecified atom stereocenters. The number of benzene rings is 1. The van der Waals surface area contributed by atoms with Crippen LogP contribution in [-0.4, -0.2) is 18.5 Å². The number of carbonyl (C=O) groups excluding carboxylic acids is 1. The Morgan fingerprint density at radius 2 is 2.06 bits per heavy atom. The van der Waals surface area contributed by atoms with Crippen molar-refractivity contribution in [3.63, 3.8) is 0 Å². The predicted octanol–water partition coefficient (Wildman–Crippen LogP) is 2.78. The van der Waals surface area contributed by atoms with Gasteiger partial charge in [0.1, 0.15) is 0 Å². The molecule has 1 aliphatic heterocycles. The van der Waals surface area contributed by atoms with Crippen LogP contribution in [0.3, 0.4) is 0 Å². The summed E-state index contributed by atoms with van der Waals surface area (Å²) in [5.74, 6) is 1.37. The Hall–Kier alpha value is -0.870. The van der Waals surface area contributed by atoms with Crippen LogP contribution in [0.25, 0.3) is 0 Å². The van der Waals surface area contributed by atoms with Crippen molar-refractivity contribution >= 4 is 27.5 Å². The van der Waals surface area contributed by atoms with Gasteiger partial charge < -0.3 is 10.6 Å². The van der Waals surface area contributed by atoms with E-state index in [0.717, 1.165) is 16.7 Å². The van der Waals surface area contributed by atoms with E-state index >= 15 is 0 Å². The molecule has 0 spiro atoms. The Bertz CT molecular complexity index is 446. The summed E-state index contributed by atoms with van der Waals surface area (Å²) in [4.78, 5) is 12.3. The van der Waals surface area contributed by atoms with E-state index in [1.54, 1.807) is 0 Å². The Kier molecular flexibility index (Phi) is 3.39. The van der Waals surface area contributed by atoms with Crippen molar-refractivity contribution in [1.29, 1.82) is 0 Å². The van der Waals surface area contributed by atoms with Crippen molar-refractivity contribution < 1.29 is 4.79 Å². The SMILES string of the molecule is O=C(Nc1ccc(Br)cc1)C1NCC2CCCC21. The van der Waals surface area contributed by atoms with E-state index in [9.17, 15) is 4.79 Å². The van der Waals surface area contributed by atoms with Gasteiger partial charge in [-0.25, -0.2) is 0 Å². The van der Waals surface area contributed by atoms with Crippen molar-refractivity contribution in [2.75, 3.05) is 11.9 Å². The van der Waals surface area contributed by atoms with Gasteiger partial charge in [-0.15, -0.1) is 0 Å². The van der Waals surface area contributed by atoms with Gasteiger partial charge in [0.25, 0.3) is 0 Å². The van der Waals surface area contributed by atoms with E-state index in [2.05, 4.69) is 26.6 Å². The molecule has 2 fully saturated rings. The monoisotopic (exact) mass is 308 g/mol. The standard InChI is InChI=1S/C14H17BrN2O/c15-10-4-6-11(7-5-10)17-14(18)13-12-3-1-2-9(12)8-16-13/h4-7,9,12-13,16H,1-3,8H2,(H,17,18). The minimum Gasteiger partial charge on any atom is -0.325 e. The molecule has 96 valence electrons. The van der Waals surface area contributed by atoms with Gasteiger partial charge in [0.05, 0.1) is 6.04 Å². The second-order valence-corrected chi connectivity index (χ2v) is 6.15. The molecule has 1 aromatic carbocycles. The fourth-order valence-corrected chi connectivity index (χ4v) is 3.49. The molecule has 0 bridgehead atoms. The summed E-state index contributed by atoms with van der Waals surface area (Å²) in [6.45, 7) is 1.00. The Labute approximate surface area is 115 Å². The first-order valence-corrected chi connectivity index (χ1v) is 7.33. The summed E-state index contributed by atoms with van der Waals surface area (Å²) in [5, 5.41) is 6.37. The average molecular weight is 309 g/mol. The fraction of sp³-hybridized carbons (Fsp3) is 0.500. The largest absolute Gasteiger partial charge is 0.325 e. The number of halogens is 1. The third-order valence-electron chi connectivity index (χ3n) is 4.14. The van der Waals surface area contributed by atoms with Crippen LogP contribution in [-0.2, 0) is 4.79 Å². The zero-order valence-electron chi connectivity index (χ0n) is 10.2. The van der Waals surface area contributed by atoms with Gasteiger partial charge in [0.15, 0.2) is 0 Å². The number of fused-ring (bicyclic) bond motifs is 1. The lowest BCUT2D eigenvalue weighted by Gasteiger charge is -2.17. The van der Waals surface area contributed by atoms with E-state index < -0.39 is 0 Å². The number of rotatable bonds is 2. The minimum atomic E-state index is 0.00106. The highest BCUT2D eigenvalue weighted by Crippen LogP contribution is 2.37. The van der Waals surface area contributed by atoms with Crippen LogP contribution in [0, 0.1) is 11.8 Å². The molecular formula is C14H17BrN2O. The van der Waals surface area contributed by atoms with E-state index in [0.29, 0.717) is 11.8 Å². The van der Waals surface area contributed by atoms with Crippen LogP contribution in [0.2, 0.25) is 0 Å². The van der Waals surface area contributed by atoms with Gasteiger partial charge in [0.2, 0.25) is 5.91 Å². The molecular weight excluding hydrogens is 292 g/mol. The summed E-state index contributed by atoms with van der Waals surface area (Å²) in [7, 11) is 0. The zero-order valence-corrected chi connectivity index (χ0v) is 11.7. The molecule has 18 heavy (non-hydrogen) atoms. The summed E-state index contributed by atoms with van der Waals surface area (Å²) in [6, 6.07) is 7.72. The molecule has 3 atom stereocenters. The van der Waals surface area contributed by atoms with Gasteiger partial charge in [-0.05, 0) is 55.5 Å². The molecule has 1 amide bonds. The average Bonchev–Trinajstić information content (AvgIpc) is 2.93. The Morgan fingerprint density at radius 1 is 1.28 bits per heavy atom. The molecule has 0 aromatic heterocycles. The molecule has 1 saturated carbocycles. The third kappa shape index (κ3) is 2.31. The number of hydrogen-bond acceptors (Lipinski definition) is 2. The van der Waals surface area contributed by atoms with Gasteiger partial charge in [-0.2, -0.15) is 0 Å². The van der Waals surface area contributed by atoms with Crippen LogP contribution < -0.4 is 10.6 Å². The Balaban J connectivity index is 1.66. The summed E-state index contributed by atoms with van der Waals surface area (Å²) < 4.78 is 1.02. The molecule has 2 N–H and O–H groups in total. The van der Waals surface area contributed by atoms with Gasteiger partial charge in [-0.3, -0.25) is 4.79 Å². The maximum Gasteiger partial charge on any atom is 0.241 e. The molecule has 4 heteroatoms. The van der Waals surface area contributed by atoms with Gasteiger partial charge in [0, 0.05) is 10.2 Å². The number of amides is 1. The van der Waals surface area contributed by atoms with Crippen molar-refractivity contribution in [1.82, 2.24) is 5.32 Å². The molecule has 2 aliphatic rings. The van der Waals surface area contributed by atoms with E-state index in [1.165, 1.54) is 19.3 Å². The van der Waals surface area contributed by atoms with E-state index in [1.807, 2.05) is 24.3 Å². The first kappa shape index (κ1) is 12.2. The predicted molar refractivity (Wildman–Crippen MR) is 75.4 cm³/mol. The maximum absolute atomic E-state index is 12.3. The molecule has 3 nitrogen and oxygen atoms in total. The Morgan fingerprint density at radius 3 is 2.83 bits per heavy atom. The maximum atomic E-state index is 12.3. The molecule has 1 saturated heterocycles. The molecule has 3 rings (SSSR count). The highest BCUT2D eigenvalue weighted by Gasteiger charge is 2.42. The van der Waals surface area contributed by atoms with Gasteiger partial charge >= 0.3 is 0 Å². The number of nitrogens with one attached hydrogen (secondary N) is 2. The lowest BCUT2D eigenvalue weighted by atomic mass is 9.93. The van der Waals surface area contributed by atoms with Crippen molar-refractivity contribution in [3.8, 4) is 0 Å². The van der Waals surface area contributed by atoms with Gasteiger partial charge in [-0.1, -0.05) is 22.4 Å².